The minimum atomic E-state index is -1.56. The molecule has 580 valence electrons. The van der Waals surface area contributed by atoms with Gasteiger partial charge in [0.15, 0.2) is 34.9 Å². The quantitative estimate of drug-likeness (QED) is 0.130. The molecule has 0 fully saturated rings. The van der Waals surface area contributed by atoms with E-state index in [0.29, 0.717) is 40.4 Å². The lowest BCUT2D eigenvalue weighted by molar-refractivity contribution is 0.426. The molecule has 16 aromatic carbocycles. The second-order valence-corrected chi connectivity index (χ2v) is 35.4. The summed E-state index contributed by atoms with van der Waals surface area (Å²) in [4.78, 5) is 29.2. The van der Waals surface area contributed by atoms with Crippen molar-refractivity contribution < 1.29 is 10.0 Å². The van der Waals surface area contributed by atoms with Gasteiger partial charge in [0.2, 0.25) is 0 Å². The maximum Gasteiger partial charge on any atom is 0.489 e. The molecule has 2 aliphatic rings. The van der Waals surface area contributed by atoms with Crippen LogP contribution in [0.15, 0.2) is 368 Å². The van der Waals surface area contributed by atoms with Crippen molar-refractivity contribution in [1.29, 1.82) is 0 Å². The average Bonchev–Trinajstić information content (AvgIpc) is 1.55. The summed E-state index contributed by atoms with van der Waals surface area (Å²) in [6, 6.07) is 128. The number of nitrogens with zero attached hydrogens (tertiary/aromatic N) is 8. The van der Waals surface area contributed by atoms with Crippen LogP contribution in [0.3, 0.4) is 0 Å². The van der Waals surface area contributed by atoms with E-state index in [0.717, 1.165) is 86.0 Å². The first-order valence-corrected chi connectivity index (χ1v) is 43.4. The van der Waals surface area contributed by atoms with Crippen LogP contribution in [0.4, 0.5) is 0 Å². The molecule has 0 amide bonds. The summed E-state index contributed by atoms with van der Waals surface area (Å²) >= 11 is 6.98. The van der Waals surface area contributed by atoms with Crippen molar-refractivity contribution in [3.63, 3.8) is 0 Å². The van der Waals surface area contributed by atoms with Crippen LogP contribution in [0.2, 0.25) is 0 Å². The molecule has 10 nitrogen and oxygen atoms in total. The Hall–Kier alpha value is -14.0. The molecule has 0 saturated carbocycles. The molecule has 0 spiro atoms. The standard InChI is InChI=1S/C54H36N4S.C33H24BNO2S.C21H14BrN3/c1-54(2)45-25-12-9-22-38(45)42-31-43-39-23-10-13-26-47(39)58(48(43)32-46(42)54)37-29-41(50-44(30-37)40-24-11-14-27-49(40)59-50)35-20-15-21-36(28-35)53-56-51(33-16-5-3-6-17-33)55-52(57-53)34-18-7-4-8-19-34;1-33(2)26-12-6-3-9-20(26)23-17-24-21-10-4-7-13-29(21)35(30(24)18-27(23)33)19-15-25-22-11-5-8-14-31(22)38-32(25)28(16-19)34(36)37;22-18-13-7-12-17(14-18)21-24-19(15-8-3-1-4-9-15)23-20(25-21)16-10-5-2-6-11-16/h3-32H,1-2H3;3-18,36-37H,1-2H3;1-14H. The van der Waals surface area contributed by atoms with E-state index in [9.17, 15) is 10.0 Å². The van der Waals surface area contributed by atoms with Gasteiger partial charge in [-0.05, 0) is 141 Å². The molecule has 0 atom stereocenters. The summed E-state index contributed by atoms with van der Waals surface area (Å²) in [5.41, 5.74) is 25.8. The lowest BCUT2D eigenvalue weighted by atomic mass is 9.79. The number of para-hydroxylation sites is 2. The van der Waals surface area contributed by atoms with E-state index in [2.05, 4.69) is 282 Å². The molecular formula is C108H74BBrN8O2S2. The van der Waals surface area contributed by atoms with Crippen molar-refractivity contribution in [1.82, 2.24) is 39.0 Å². The Morgan fingerprint density at radius 3 is 1.07 bits per heavy atom. The van der Waals surface area contributed by atoms with Crippen molar-refractivity contribution in [2.45, 2.75) is 38.5 Å². The SMILES string of the molecule is Brc1cccc(-c2nc(-c3ccccc3)nc(-c3ccccc3)n2)c1.CC1(C)c2ccccc2-c2cc3c4ccccc4n(-c4cc(-c5cccc(-c6nc(-c7ccccc7)nc(-c7ccccc7)n6)c5)c5sc6ccccc6c5c4)c3cc21.CC1(C)c2ccccc2-c2cc3c4ccccc4n(-c4cc(B(O)O)c5sc6ccccc6c5c4)c3cc21. The molecule has 0 bridgehead atoms. The maximum atomic E-state index is 10.4. The minimum Gasteiger partial charge on any atom is -0.423 e. The molecule has 0 radical (unpaired) electrons. The Bertz CT molecular complexity index is 7840. The van der Waals surface area contributed by atoms with Gasteiger partial charge in [-0.25, -0.2) is 29.9 Å². The second kappa shape index (κ2) is 29.8. The fraction of sp³-hybridized carbons (Fsp3) is 0.0556. The third kappa shape index (κ3) is 12.7. The van der Waals surface area contributed by atoms with Gasteiger partial charge in [-0.2, -0.15) is 0 Å². The molecule has 122 heavy (non-hydrogen) atoms. The summed E-state index contributed by atoms with van der Waals surface area (Å²) in [5.74, 6) is 3.95. The lowest BCUT2D eigenvalue weighted by Crippen LogP contribution is -2.30. The van der Waals surface area contributed by atoms with Crippen LogP contribution in [-0.2, 0) is 10.8 Å². The summed E-state index contributed by atoms with van der Waals surface area (Å²) in [5, 5.41) is 30.5. The zero-order valence-electron chi connectivity index (χ0n) is 66.9. The molecule has 24 rings (SSSR count). The molecule has 2 N–H and O–H groups in total. The molecule has 2 aliphatic carbocycles. The fourth-order valence-corrected chi connectivity index (χ4v) is 21.4. The van der Waals surface area contributed by atoms with Crippen LogP contribution in [0, 0.1) is 0 Å². The number of thiophene rings is 2. The lowest BCUT2D eigenvalue weighted by Gasteiger charge is -2.21. The van der Waals surface area contributed by atoms with Crippen molar-refractivity contribution in [3.8, 4) is 113 Å². The van der Waals surface area contributed by atoms with Gasteiger partial charge < -0.3 is 19.2 Å². The third-order valence-electron chi connectivity index (χ3n) is 24.4. The van der Waals surface area contributed by atoms with Gasteiger partial charge >= 0.3 is 7.12 Å². The molecule has 6 heterocycles. The molecule has 22 aromatic rings. The van der Waals surface area contributed by atoms with Crippen LogP contribution >= 0.6 is 38.6 Å². The first-order chi connectivity index (χ1) is 59.7. The largest absolute Gasteiger partial charge is 0.489 e. The van der Waals surface area contributed by atoms with E-state index in [4.69, 9.17) is 24.9 Å². The van der Waals surface area contributed by atoms with Gasteiger partial charge in [-0.1, -0.05) is 317 Å². The van der Waals surface area contributed by atoms with E-state index in [1.807, 2.05) is 151 Å². The van der Waals surface area contributed by atoms with E-state index in [1.54, 1.807) is 11.3 Å². The van der Waals surface area contributed by atoms with Crippen molar-refractivity contribution in [3.05, 3.63) is 391 Å². The maximum absolute atomic E-state index is 10.4. The summed E-state index contributed by atoms with van der Waals surface area (Å²) in [6.45, 7) is 9.34. The van der Waals surface area contributed by atoms with Crippen LogP contribution in [-0.4, -0.2) is 56.2 Å². The van der Waals surface area contributed by atoms with Gasteiger partial charge in [-0.3, -0.25) is 0 Å². The number of rotatable bonds is 10. The Morgan fingerprint density at radius 2 is 0.615 bits per heavy atom. The number of hydrogen-bond acceptors (Lipinski definition) is 10. The van der Waals surface area contributed by atoms with Crippen molar-refractivity contribution in [2.75, 3.05) is 0 Å². The highest BCUT2D eigenvalue weighted by Crippen LogP contribution is 2.54. The molecule has 0 saturated heterocycles. The number of aromatic nitrogens is 8. The molecule has 0 aliphatic heterocycles. The summed E-state index contributed by atoms with van der Waals surface area (Å²) < 4.78 is 10.4. The second-order valence-electron chi connectivity index (χ2n) is 32.4. The van der Waals surface area contributed by atoms with Gasteiger partial charge in [0.1, 0.15) is 0 Å². The predicted octanol–water partition coefficient (Wildman–Crippen LogP) is 27.1. The average molecular weight is 1670 g/mol. The van der Waals surface area contributed by atoms with Crippen LogP contribution < -0.4 is 5.46 Å². The zero-order chi connectivity index (χ0) is 82.1. The number of benzene rings is 16. The summed E-state index contributed by atoms with van der Waals surface area (Å²) in [6.07, 6.45) is 0. The topological polar surface area (TPSA) is 128 Å². The van der Waals surface area contributed by atoms with Crippen molar-refractivity contribution >= 4 is 135 Å². The Kier molecular flexibility index (Phi) is 18.1. The Morgan fingerprint density at radius 1 is 0.262 bits per heavy atom. The highest BCUT2D eigenvalue weighted by Gasteiger charge is 2.38. The van der Waals surface area contributed by atoms with E-state index in [1.165, 1.54) is 103 Å². The monoisotopic (exact) mass is 1670 g/mol. The molecule has 0 unspecified atom stereocenters. The predicted molar refractivity (Wildman–Crippen MR) is 511 cm³/mol. The van der Waals surface area contributed by atoms with Gasteiger partial charge in [-0.15, -0.1) is 22.7 Å². The van der Waals surface area contributed by atoms with Crippen LogP contribution in [0.1, 0.15) is 49.9 Å². The molecule has 6 aromatic heterocycles. The Labute approximate surface area is 721 Å². The zero-order valence-corrected chi connectivity index (χ0v) is 70.1. The number of halogens is 1. The minimum absolute atomic E-state index is 0.110. The Balaban J connectivity index is 0.000000120. The number of fused-ring (bicyclic) bond motifs is 18. The smallest absolute Gasteiger partial charge is 0.423 e. The van der Waals surface area contributed by atoms with Gasteiger partial charge in [0.25, 0.3) is 0 Å². The summed E-state index contributed by atoms with van der Waals surface area (Å²) in [7, 11) is -1.56. The molecular weight excluding hydrogens is 1600 g/mol. The fourth-order valence-electron chi connectivity index (χ4n) is 18.5. The van der Waals surface area contributed by atoms with E-state index in [-0.39, 0.29) is 10.8 Å². The van der Waals surface area contributed by atoms with Gasteiger partial charge in [0, 0.05) is 133 Å². The van der Waals surface area contributed by atoms with E-state index < -0.39 is 7.12 Å². The van der Waals surface area contributed by atoms with Crippen LogP contribution in [0.5, 0.6) is 0 Å². The van der Waals surface area contributed by atoms with Crippen molar-refractivity contribution in [2.24, 2.45) is 0 Å². The third-order valence-corrected chi connectivity index (χ3v) is 27.4. The number of hydrogen-bond donors (Lipinski definition) is 2. The van der Waals surface area contributed by atoms with Gasteiger partial charge in [0.05, 0.1) is 22.1 Å². The molecule has 14 heteroatoms. The van der Waals surface area contributed by atoms with Crippen LogP contribution in [0.25, 0.3) is 197 Å². The highest BCUT2D eigenvalue weighted by atomic mass is 79.9. The first-order valence-electron chi connectivity index (χ1n) is 41.0. The van der Waals surface area contributed by atoms with E-state index >= 15 is 0 Å². The first kappa shape index (κ1) is 74.3. The highest BCUT2D eigenvalue weighted by molar-refractivity contribution is 9.10. The normalized spacial score (nSPS) is 12.8.